The van der Waals surface area contributed by atoms with Gasteiger partial charge in [0.2, 0.25) is 0 Å². The minimum atomic E-state index is -0.358. The summed E-state index contributed by atoms with van der Waals surface area (Å²) < 4.78 is 0. The first-order valence-electron chi connectivity index (χ1n) is 8.99. The first kappa shape index (κ1) is 20.4. The summed E-state index contributed by atoms with van der Waals surface area (Å²) in [7, 11) is 0. The smallest absolute Gasteiger partial charge is 0.160 e. The molecule has 0 fully saturated rings. The molecule has 0 aromatic heterocycles. The number of ketones is 1. The van der Waals surface area contributed by atoms with E-state index in [1.165, 1.54) is 5.56 Å². The molecule has 0 aliphatic heterocycles. The number of hydrogen-bond acceptors (Lipinski definition) is 3. The zero-order chi connectivity index (χ0) is 18.2. The van der Waals surface area contributed by atoms with Crippen LogP contribution in [-0.4, -0.2) is 18.4 Å². The first-order chi connectivity index (χ1) is 11.3. The van der Waals surface area contributed by atoms with Crippen molar-refractivity contribution in [1.29, 1.82) is 0 Å². The third-order valence-corrected chi connectivity index (χ3v) is 4.34. The molecule has 0 radical (unpaired) electrons. The molecule has 134 valence electrons. The van der Waals surface area contributed by atoms with Crippen molar-refractivity contribution in [3.63, 3.8) is 0 Å². The molecule has 0 saturated heterocycles. The quantitative estimate of drug-likeness (QED) is 0.636. The zero-order valence-corrected chi connectivity index (χ0v) is 15.8. The second-order valence-corrected chi connectivity index (χ2v) is 7.71. The van der Waals surface area contributed by atoms with Gasteiger partial charge in [-0.05, 0) is 43.7 Å². The van der Waals surface area contributed by atoms with Crippen LogP contribution in [0, 0.1) is 11.3 Å². The number of hydrogen-bond donors (Lipinski definition) is 2. The van der Waals surface area contributed by atoms with E-state index in [0.29, 0.717) is 6.54 Å². The number of carbonyl (C=O) groups excluding carboxylic acids is 1. The van der Waals surface area contributed by atoms with Gasteiger partial charge in [0.05, 0.1) is 6.04 Å². The predicted octanol–water partition coefficient (Wildman–Crippen LogP) is 4.08. The van der Waals surface area contributed by atoms with Crippen LogP contribution in [-0.2, 0) is 11.2 Å². The predicted molar refractivity (Wildman–Crippen MR) is 103 cm³/mol. The molecule has 2 unspecified atom stereocenters. The van der Waals surface area contributed by atoms with Crippen LogP contribution in [0.15, 0.2) is 42.6 Å². The summed E-state index contributed by atoms with van der Waals surface area (Å²) in [6.45, 7) is 12.9. The summed E-state index contributed by atoms with van der Waals surface area (Å²) >= 11 is 0. The van der Waals surface area contributed by atoms with Crippen LogP contribution in [0.4, 0.5) is 0 Å². The summed E-state index contributed by atoms with van der Waals surface area (Å²) in [5.41, 5.74) is 7.46. The summed E-state index contributed by atoms with van der Waals surface area (Å²) in [5, 5.41) is 3.42. The summed E-state index contributed by atoms with van der Waals surface area (Å²) in [6, 6.07) is 10.2. The van der Waals surface area contributed by atoms with Crippen molar-refractivity contribution >= 4 is 5.78 Å². The van der Waals surface area contributed by atoms with E-state index in [-0.39, 0.29) is 23.2 Å². The average molecular weight is 331 g/mol. The Morgan fingerprint density at radius 3 is 2.38 bits per heavy atom. The molecule has 3 N–H and O–H groups in total. The molecule has 0 spiro atoms. The van der Waals surface area contributed by atoms with Crippen molar-refractivity contribution in [2.24, 2.45) is 17.1 Å². The van der Waals surface area contributed by atoms with E-state index in [4.69, 9.17) is 5.73 Å². The van der Waals surface area contributed by atoms with E-state index in [2.05, 4.69) is 43.1 Å². The van der Waals surface area contributed by atoms with Crippen LogP contribution in [0.1, 0.15) is 52.5 Å². The Balaban J connectivity index is 2.69. The van der Waals surface area contributed by atoms with Crippen molar-refractivity contribution in [2.45, 2.75) is 59.4 Å². The van der Waals surface area contributed by atoms with E-state index in [9.17, 15) is 4.79 Å². The Morgan fingerprint density at radius 1 is 1.21 bits per heavy atom. The van der Waals surface area contributed by atoms with Crippen LogP contribution >= 0.6 is 0 Å². The SMILES string of the molecule is C=C(NC(CCCCN)C(=O)C(C)(C)C)C(C)Cc1ccccc1. The number of nitrogens with one attached hydrogen (secondary N) is 1. The van der Waals surface area contributed by atoms with Gasteiger partial charge in [-0.25, -0.2) is 0 Å². The lowest BCUT2D eigenvalue weighted by Gasteiger charge is -2.29. The Kier molecular flexibility index (Phi) is 8.20. The van der Waals surface area contributed by atoms with Gasteiger partial charge in [-0.1, -0.05) is 64.6 Å². The lowest BCUT2D eigenvalue weighted by Crippen LogP contribution is -2.43. The largest absolute Gasteiger partial charge is 0.379 e. The van der Waals surface area contributed by atoms with Crippen molar-refractivity contribution < 1.29 is 4.79 Å². The van der Waals surface area contributed by atoms with E-state index >= 15 is 0 Å². The number of carbonyl (C=O) groups is 1. The van der Waals surface area contributed by atoms with Crippen LogP contribution in [0.2, 0.25) is 0 Å². The maximum atomic E-state index is 12.7. The molecule has 0 aliphatic carbocycles. The maximum absolute atomic E-state index is 12.7. The molecule has 2 atom stereocenters. The Labute approximate surface area is 147 Å². The van der Waals surface area contributed by atoms with E-state index < -0.39 is 0 Å². The monoisotopic (exact) mass is 330 g/mol. The summed E-state index contributed by atoms with van der Waals surface area (Å²) in [5.74, 6) is 0.518. The highest BCUT2D eigenvalue weighted by molar-refractivity contribution is 5.88. The number of nitrogens with two attached hydrogens (primary N) is 1. The average Bonchev–Trinajstić information content (AvgIpc) is 2.53. The molecule has 0 heterocycles. The van der Waals surface area contributed by atoms with Gasteiger partial charge in [0.25, 0.3) is 0 Å². The van der Waals surface area contributed by atoms with Crippen LogP contribution in [0.5, 0.6) is 0 Å². The van der Waals surface area contributed by atoms with Crippen molar-refractivity contribution in [2.75, 3.05) is 6.54 Å². The maximum Gasteiger partial charge on any atom is 0.160 e. The number of rotatable bonds is 10. The number of benzene rings is 1. The fourth-order valence-electron chi connectivity index (χ4n) is 2.74. The molecule has 0 saturated carbocycles. The van der Waals surface area contributed by atoms with Gasteiger partial charge in [0.1, 0.15) is 0 Å². The van der Waals surface area contributed by atoms with Gasteiger partial charge in [-0.3, -0.25) is 4.79 Å². The standard InChI is InChI=1S/C21H34N2O/c1-16(15-18-11-7-6-8-12-18)17(2)23-19(13-9-10-14-22)20(24)21(3,4)5/h6-8,11-12,16,19,23H,2,9-10,13-15,22H2,1,3-5H3. The molecule has 1 rings (SSSR count). The van der Waals surface area contributed by atoms with Crippen molar-refractivity contribution in [3.05, 3.63) is 48.2 Å². The minimum Gasteiger partial charge on any atom is -0.379 e. The summed E-state index contributed by atoms with van der Waals surface area (Å²) in [4.78, 5) is 12.7. The first-order valence-corrected chi connectivity index (χ1v) is 8.99. The van der Waals surface area contributed by atoms with Crippen LogP contribution in [0.3, 0.4) is 0 Å². The Hall–Kier alpha value is -1.61. The third kappa shape index (κ3) is 6.88. The lowest BCUT2D eigenvalue weighted by atomic mass is 9.84. The van der Waals surface area contributed by atoms with Gasteiger partial charge in [0.15, 0.2) is 5.78 Å². The van der Waals surface area contributed by atoms with E-state index in [0.717, 1.165) is 31.4 Å². The van der Waals surface area contributed by atoms with Gasteiger partial charge in [0, 0.05) is 11.1 Å². The molecule has 24 heavy (non-hydrogen) atoms. The second kappa shape index (κ2) is 9.63. The van der Waals surface area contributed by atoms with Gasteiger partial charge in [-0.2, -0.15) is 0 Å². The molecule has 0 bridgehead atoms. The number of Topliss-reactive ketones (excluding diaryl/α,β-unsaturated/α-hetero) is 1. The Bertz CT molecular complexity index is 516. The fourth-order valence-corrected chi connectivity index (χ4v) is 2.74. The van der Waals surface area contributed by atoms with Gasteiger partial charge < -0.3 is 11.1 Å². The van der Waals surface area contributed by atoms with Crippen LogP contribution in [0.25, 0.3) is 0 Å². The topological polar surface area (TPSA) is 55.1 Å². The molecule has 1 aromatic carbocycles. The highest BCUT2D eigenvalue weighted by Gasteiger charge is 2.29. The molecular formula is C21H34N2O. The molecule has 0 aliphatic rings. The highest BCUT2D eigenvalue weighted by atomic mass is 16.1. The molecular weight excluding hydrogens is 296 g/mol. The fraction of sp³-hybridized carbons (Fsp3) is 0.571. The summed E-state index contributed by atoms with van der Waals surface area (Å²) in [6.07, 6.45) is 3.63. The van der Waals surface area contributed by atoms with E-state index in [1.54, 1.807) is 0 Å². The second-order valence-electron chi connectivity index (χ2n) is 7.71. The molecule has 1 aromatic rings. The number of allylic oxidation sites excluding steroid dienone is 1. The minimum absolute atomic E-state index is 0.178. The van der Waals surface area contributed by atoms with Gasteiger partial charge >= 0.3 is 0 Å². The van der Waals surface area contributed by atoms with Crippen molar-refractivity contribution in [3.8, 4) is 0 Å². The Morgan fingerprint density at radius 2 is 1.83 bits per heavy atom. The third-order valence-electron chi connectivity index (χ3n) is 4.34. The highest BCUT2D eigenvalue weighted by Crippen LogP contribution is 2.22. The zero-order valence-electron chi connectivity index (χ0n) is 15.8. The molecule has 3 heteroatoms. The molecule has 3 nitrogen and oxygen atoms in total. The van der Waals surface area contributed by atoms with Crippen LogP contribution < -0.4 is 11.1 Å². The van der Waals surface area contributed by atoms with Gasteiger partial charge in [-0.15, -0.1) is 0 Å². The van der Waals surface area contributed by atoms with E-state index in [1.807, 2.05) is 26.8 Å². The van der Waals surface area contributed by atoms with Crippen molar-refractivity contribution in [1.82, 2.24) is 5.32 Å². The number of unbranched alkanes of at least 4 members (excludes halogenated alkanes) is 1. The lowest BCUT2D eigenvalue weighted by molar-refractivity contribution is -0.128. The normalized spacial score (nSPS) is 14.0. The molecule has 0 amide bonds.